The van der Waals surface area contributed by atoms with Gasteiger partial charge in [0.2, 0.25) is 0 Å². The third-order valence-electron chi connectivity index (χ3n) is 5.49. The van der Waals surface area contributed by atoms with Crippen LogP contribution in [0, 0.1) is 11.2 Å². The second-order valence-corrected chi connectivity index (χ2v) is 10.4. The fourth-order valence-corrected chi connectivity index (χ4v) is 4.02. The van der Waals surface area contributed by atoms with Crippen LogP contribution in [-0.2, 0) is 25.4 Å². The lowest BCUT2D eigenvalue weighted by atomic mass is 9.82. The summed E-state index contributed by atoms with van der Waals surface area (Å²) in [7, 11) is 0. The Morgan fingerprint density at radius 3 is 2.28 bits per heavy atom. The molecule has 0 aliphatic heterocycles. The standard InChI is InChI=1S/C28H37ClFNO5/c1-7-34-18-28(6,25(32)35-8-2)17-22(31-26(33)36-27(3,4)5)15-19-9-11-20(12-10-19)23-16-21(29)13-14-24(23)30/h9-14,16,22H,7-8,15,17-18H2,1-6H3,(H,31,33)/t22-,28+/m1/s1. The van der Waals surface area contributed by atoms with E-state index in [-0.39, 0.29) is 31.4 Å². The van der Waals surface area contributed by atoms with Gasteiger partial charge >= 0.3 is 12.1 Å². The van der Waals surface area contributed by atoms with Crippen LogP contribution in [0.1, 0.15) is 53.5 Å². The van der Waals surface area contributed by atoms with Gasteiger partial charge in [-0.2, -0.15) is 0 Å². The van der Waals surface area contributed by atoms with E-state index in [1.807, 2.05) is 19.1 Å². The summed E-state index contributed by atoms with van der Waals surface area (Å²) in [5, 5.41) is 3.36. The Morgan fingerprint density at radius 2 is 1.69 bits per heavy atom. The van der Waals surface area contributed by atoms with Crippen molar-refractivity contribution in [1.82, 2.24) is 5.32 Å². The number of nitrogens with one attached hydrogen (secondary N) is 1. The maximum atomic E-state index is 14.3. The second-order valence-electron chi connectivity index (χ2n) is 9.99. The first-order valence-corrected chi connectivity index (χ1v) is 12.5. The summed E-state index contributed by atoms with van der Waals surface area (Å²) in [5.74, 6) is -0.751. The molecule has 0 radical (unpaired) electrons. The number of rotatable bonds is 11. The number of hydrogen-bond donors (Lipinski definition) is 1. The van der Waals surface area contributed by atoms with Crippen LogP contribution in [0.2, 0.25) is 5.02 Å². The zero-order valence-corrected chi connectivity index (χ0v) is 22.7. The van der Waals surface area contributed by atoms with Gasteiger partial charge in [0.25, 0.3) is 0 Å². The number of esters is 1. The number of carbonyl (C=O) groups excluding carboxylic acids is 2. The molecule has 0 aliphatic carbocycles. The van der Waals surface area contributed by atoms with Crippen molar-refractivity contribution in [3.63, 3.8) is 0 Å². The molecule has 1 amide bonds. The molecular weight excluding hydrogens is 485 g/mol. The number of benzene rings is 2. The Bertz CT molecular complexity index is 1020. The topological polar surface area (TPSA) is 73.9 Å². The normalized spacial score (nSPS) is 14.0. The molecule has 0 saturated heterocycles. The SMILES string of the molecule is CCOC[C@](C)(C[C@@H](Cc1ccc(-c2cc(Cl)ccc2F)cc1)NC(=O)OC(C)(C)C)C(=O)OCC. The average Bonchev–Trinajstić information content (AvgIpc) is 2.78. The van der Waals surface area contributed by atoms with Crippen molar-refractivity contribution in [2.45, 2.75) is 66.0 Å². The molecule has 2 aromatic rings. The molecule has 198 valence electrons. The maximum absolute atomic E-state index is 14.3. The van der Waals surface area contributed by atoms with E-state index in [1.54, 1.807) is 52.8 Å². The van der Waals surface area contributed by atoms with Crippen LogP contribution in [0.5, 0.6) is 0 Å². The monoisotopic (exact) mass is 521 g/mol. The molecule has 0 unspecified atom stereocenters. The van der Waals surface area contributed by atoms with Crippen molar-refractivity contribution in [2.24, 2.45) is 5.41 Å². The first-order valence-electron chi connectivity index (χ1n) is 12.2. The zero-order chi connectivity index (χ0) is 26.9. The van der Waals surface area contributed by atoms with E-state index < -0.39 is 23.2 Å². The molecule has 2 rings (SSSR count). The lowest BCUT2D eigenvalue weighted by molar-refractivity contribution is -0.159. The van der Waals surface area contributed by atoms with E-state index in [0.29, 0.717) is 29.2 Å². The van der Waals surface area contributed by atoms with E-state index in [2.05, 4.69) is 5.32 Å². The summed E-state index contributed by atoms with van der Waals surface area (Å²) in [4.78, 5) is 25.5. The second kappa shape index (κ2) is 13.1. The van der Waals surface area contributed by atoms with Gasteiger partial charge in [0, 0.05) is 23.2 Å². The highest BCUT2D eigenvalue weighted by Gasteiger charge is 2.38. The number of amides is 1. The third kappa shape index (κ3) is 9.10. The maximum Gasteiger partial charge on any atom is 0.407 e. The van der Waals surface area contributed by atoms with E-state index in [9.17, 15) is 14.0 Å². The number of halogens is 2. The van der Waals surface area contributed by atoms with Crippen molar-refractivity contribution in [1.29, 1.82) is 0 Å². The van der Waals surface area contributed by atoms with Gasteiger partial charge in [-0.15, -0.1) is 0 Å². The Morgan fingerprint density at radius 1 is 1.03 bits per heavy atom. The van der Waals surface area contributed by atoms with Crippen molar-refractivity contribution >= 4 is 23.7 Å². The largest absolute Gasteiger partial charge is 0.466 e. The molecule has 36 heavy (non-hydrogen) atoms. The molecule has 6 nitrogen and oxygen atoms in total. The molecule has 0 heterocycles. The summed E-state index contributed by atoms with van der Waals surface area (Å²) in [6, 6.07) is 11.3. The predicted octanol–water partition coefficient (Wildman–Crippen LogP) is 6.58. The minimum absolute atomic E-state index is 0.155. The molecule has 2 aromatic carbocycles. The van der Waals surface area contributed by atoms with E-state index >= 15 is 0 Å². The van der Waals surface area contributed by atoms with Gasteiger partial charge < -0.3 is 19.5 Å². The first-order chi connectivity index (χ1) is 16.9. The van der Waals surface area contributed by atoms with Gasteiger partial charge in [0.15, 0.2) is 0 Å². The smallest absolute Gasteiger partial charge is 0.407 e. The average molecular weight is 522 g/mol. The molecular formula is C28H37ClFNO5. The fourth-order valence-electron chi connectivity index (χ4n) is 3.85. The van der Waals surface area contributed by atoms with E-state index in [4.69, 9.17) is 25.8 Å². The zero-order valence-electron chi connectivity index (χ0n) is 22.0. The van der Waals surface area contributed by atoms with E-state index in [0.717, 1.165) is 5.56 Å². The van der Waals surface area contributed by atoms with Crippen LogP contribution in [0.15, 0.2) is 42.5 Å². The van der Waals surface area contributed by atoms with Crippen LogP contribution < -0.4 is 5.32 Å². The summed E-state index contributed by atoms with van der Waals surface area (Å²) in [6.07, 6.45) is 0.113. The summed E-state index contributed by atoms with van der Waals surface area (Å²) in [5.41, 5.74) is 0.333. The van der Waals surface area contributed by atoms with Crippen molar-refractivity contribution < 1.29 is 28.2 Å². The number of alkyl carbamates (subject to hydrolysis) is 1. The predicted molar refractivity (Wildman–Crippen MR) is 140 cm³/mol. The molecule has 0 spiro atoms. The van der Waals surface area contributed by atoms with Gasteiger partial charge in [0.05, 0.1) is 18.6 Å². The fraction of sp³-hybridized carbons (Fsp3) is 0.500. The van der Waals surface area contributed by atoms with Crippen molar-refractivity contribution in [3.05, 3.63) is 58.9 Å². The van der Waals surface area contributed by atoms with Crippen LogP contribution in [0.3, 0.4) is 0 Å². The van der Waals surface area contributed by atoms with Gasteiger partial charge in [-0.3, -0.25) is 4.79 Å². The Hall–Kier alpha value is -2.64. The lowest BCUT2D eigenvalue weighted by Crippen LogP contribution is -2.46. The molecule has 1 N–H and O–H groups in total. The number of hydrogen-bond acceptors (Lipinski definition) is 5. The van der Waals surface area contributed by atoms with Crippen LogP contribution in [0.4, 0.5) is 9.18 Å². The number of carbonyl (C=O) groups is 2. The van der Waals surface area contributed by atoms with Crippen LogP contribution >= 0.6 is 11.6 Å². The van der Waals surface area contributed by atoms with Crippen LogP contribution in [-0.4, -0.2) is 43.5 Å². The van der Waals surface area contributed by atoms with E-state index in [1.165, 1.54) is 12.1 Å². The molecule has 8 heteroatoms. The summed E-state index contributed by atoms with van der Waals surface area (Å²) >= 11 is 6.04. The minimum Gasteiger partial charge on any atom is -0.466 e. The minimum atomic E-state index is -0.977. The van der Waals surface area contributed by atoms with Crippen molar-refractivity contribution in [3.8, 4) is 11.1 Å². The molecule has 0 aliphatic rings. The molecule has 0 fully saturated rings. The Kier molecular flexibility index (Phi) is 10.7. The molecule has 0 bridgehead atoms. The Labute approximate surface area is 218 Å². The first kappa shape index (κ1) is 29.6. The highest BCUT2D eigenvalue weighted by atomic mass is 35.5. The van der Waals surface area contributed by atoms with Gasteiger partial charge in [0.1, 0.15) is 11.4 Å². The molecule has 0 aromatic heterocycles. The highest BCUT2D eigenvalue weighted by Crippen LogP contribution is 2.29. The van der Waals surface area contributed by atoms with Gasteiger partial charge in [-0.05, 0) is 83.7 Å². The molecule has 0 saturated carbocycles. The summed E-state index contributed by atoms with van der Waals surface area (Å²) in [6.45, 7) is 11.6. The van der Waals surface area contributed by atoms with Gasteiger partial charge in [-0.1, -0.05) is 35.9 Å². The van der Waals surface area contributed by atoms with Crippen molar-refractivity contribution in [2.75, 3.05) is 19.8 Å². The quantitative estimate of drug-likeness (QED) is 0.338. The summed E-state index contributed by atoms with van der Waals surface area (Å²) < 4.78 is 30.7. The van der Waals surface area contributed by atoms with Gasteiger partial charge in [-0.25, -0.2) is 9.18 Å². The Balaban J connectivity index is 2.30. The van der Waals surface area contributed by atoms with Crippen LogP contribution in [0.25, 0.3) is 11.1 Å². The highest BCUT2D eigenvalue weighted by molar-refractivity contribution is 6.30. The molecule has 2 atom stereocenters. The third-order valence-corrected chi connectivity index (χ3v) is 5.72. The number of ether oxygens (including phenoxy) is 3. The lowest BCUT2D eigenvalue weighted by Gasteiger charge is -2.32.